The summed E-state index contributed by atoms with van der Waals surface area (Å²) in [7, 11) is -3.35. The molecule has 0 radical (unpaired) electrons. The number of ether oxygens (including phenoxy) is 1. The molecule has 0 saturated carbocycles. The van der Waals surface area contributed by atoms with Gasteiger partial charge in [-0.15, -0.1) is 0 Å². The summed E-state index contributed by atoms with van der Waals surface area (Å²) in [6.45, 7) is 2.55. The summed E-state index contributed by atoms with van der Waals surface area (Å²) < 4.78 is 29.8. The van der Waals surface area contributed by atoms with Gasteiger partial charge in [-0.2, -0.15) is 0 Å². The van der Waals surface area contributed by atoms with Crippen molar-refractivity contribution in [2.24, 2.45) is 0 Å². The summed E-state index contributed by atoms with van der Waals surface area (Å²) in [6, 6.07) is 6.28. The van der Waals surface area contributed by atoms with Crippen molar-refractivity contribution in [3.8, 4) is 0 Å². The minimum absolute atomic E-state index is 0.345. The van der Waals surface area contributed by atoms with Crippen LogP contribution in [-0.2, 0) is 14.8 Å². The Bertz CT molecular complexity index is 555. The fourth-order valence-electron chi connectivity index (χ4n) is 1.88. The Kier molecular flexibility index (Phi) is 7.22. The van der Waals surface area contributed by atoms with E-state index in [-0.39, 0.29) is 0 Å². The lowest BCUT2D eigenvalue weighted by atomic mass is 10.2. The number of hydrogen-bond donors (Lipinski definition) is 1. The summed E-state index contributed by atoms with van der Waals surface area (Å²) in [4.78, 5) is 11.9. The monoisotopic (exact) mass is 313 g/mol. The highest BCUT2D eigenvalue weighted by atomic mass is 32.2. The van der Waals surface area contributed by atoms with Gasteiger partial charge in [-0.1, -0.05) is 38.7 Å². The van der Waals surface area contributed by atoms with Gasteiger partial charge in [0.05, 0.1) is 18.4 Å². The van der Waals surface area contributed by atoms with Crippen LogP contribution >= 0.6 is 0 Å². The van der Waals surface area contributed by atoms with Crippen LogP contribution in [0.25, 0.3) is 0 Å². The van der Waals surface area contributed by atoms with E-state index < -0.39 is 16.0 Å². The van der Waals surface area contributed by atoms with Crippen LogP contribution < -0.4 is 4.72 Å². The highest BCUT2D eigenvalue weighted by Crippen LogP contribution is 2.13. The van der Waals surface area contributed by atoms with E-state index in [1.54, 1.807) is 18.2 Å². The molecule has 0 amide bonds. The van der Waals surface area contributed by atoms with Gasteiger partial charge < -0.3 is 4.74 Å². The molecule has 1 aromatic carbocycles. The van der Waals surface area contributed by atoms with Gasteiger partial charge in [-0.3, -0.25) is 4.72 Å². The average Bonchev–Trinajstić information content (AvgIpc) is 2.41. The number of unbranched alkanes of at least 4 members (excludes halogenated alkanes) is 4. The van der Waals surface area contributed by atoms with E-state index in [2.05, 4.69) is 11.6 Å². The SMILES string of the molecule is CCCCCCCOC(=O)c1cccc(NS(C)(=O)=O)c1. The molecule has 21 heavy (non-hydrogen) atoms. The van der Waals surface area contributed by atoms with Gasteiger partial charge in [0.1, 0.15) is 0 Å². The zero-order chi connectivity index (χ0) is 15.7. The van der Waals surface area contributed by atoms with Crippen molar-refractivity contribution in [1.82, 2.24) is 0 Å². The molecule has 1 rings (SSSR count). The van der Waals surface area contributed by atoms with Gasteiger partial charge in [-0.25, -0.2) is 13.2 Å². The molecule has 0 aliphatic rings. The van der Waals surface area contributed by atoms with Gasteiger partial charge in [0, 0.05) is 5.69 Å². The van der Waals surface area contributed by atoms with Crippen LogP contribution in [0.5, 0.6) is 0 Å². The Hall–Kier alpha value is -1.56. The summed E-state index contributed by atoms with van der Waals surface area (Å²) in [5, 5.41) is 0. The van der Waals surface area contributed by atoms with Crippen molar-refractivity contribution in [3.05, 3.63) is 29.8 Å². The minimum atomic E-state index is -3.35. The number of rotatable bonds is 9. The van der Waals surface area contributed by atoms with E-state index in [1.165, 1.54) is 18.9 Å². The lowest BCUT2D eigenvalue weighted by Gasteiger charge is -2.07. The Morgan fingerprint density at radius 1 is 1.19 bits per heavy atom. The smallest absolute Gasteiger partial charge is 0.338 e. The molecular weight excluding hydrogens is 290 g/mol. The quantitative estimate of drug-likeness (QED) is 0.561. The first kappa shape index (κ1) is 17.5. The molecule has 0 heterocycles. The highest BCUT2D eigenvalue weighted by molar-refractivity contribution is 7.92. The molecule has 0 atom stereocenters. The second-order valence-electron chi connectivity index (χ2n) is 5.01. The van der Waals surface area contributed by atoms with Crippen molar-refractivity contribution < 1.29 is 17.9 Å². The molecule has 118 valence electrons. The molecule has 6 heteroatoms. The molecule has 0 aliphatic carbocycles. The van der Waals surface area contributed by atoms with E-state index in [0.717, 1.165) is 25.5 Å². The normalized spacial score (nSPS) is 11.1. The molecule has 0 aliphatic heterocycles. The number of carbonyl (C=O) groups is 1. The van der Waals surface area contributed by atoms with E-state index in [0.29, 0.717) is 17.9 Å². The highest BCUT2D eigenvalue weighted by Gasteiger charge is 2.09. The number of carbonyl (C=O) groups excluding carboxylic acids is 1. The first-order valence-corrected chi connectivity index (χ1v) is 9.06. The molecular formula is C15H23NO4S. The maximum absolute atomic E-state index is 11.9. The van der Waals surface area contributed by atoms with Crippen LogP contribution in [0.2, 0.25) is 0 Å². The van der Waals surface area contributed by atoms with Crippen molar-refractivity contribution in [1.29, 1.82) is 0 Å². The van der Waals surface area contributed by atoms with E-state index in [1.807, 2.05) is 0 Å². The third-order valence-corrected chi connectivity index (χ3v) is 3.49. The molecule has 5 nitrogen and oxygen atoms in total. The topological polar surface area (TPSA) is 72.5 Å². The number of esters is 1. The number of anilines is 1. The second-order valence-corrected chi connectivity index (χ2v) is 6.75. The lowest BCUT2D eigenvalue weighted by molar-refractivity contribution is 0.0497. The molecule has 0 aromatic heterocycles. The molecule has 0 fully saturated rings. The average molecular weight is 313 g/mol. The van der Waals surface area contributed by atoms with Crippen molar-refractivity contribution in [3.63, 3.8) is 0 Å². The maximum Gasteiger partial charge on any atom is 0.338 e. The number of benzene rings is 1. The van der Waals surface area contributed by atoms with Crippen LogP contribution in [0.15, 0.2) is 24.3 Å². The van der Waals surface area contributed by atoms with Crippen LogP contribution in [0.4, 0.5) is 5.69 Å². The minimum Gasteiger partial charge on any atom is -0.462 e. The Morgan fingerprint density at radius 3 is 2.57 bits per heavy atom. The number of hydrogen-bond acceptors (Lipinski definition) is 4. The van der Waals surface area contributed by atoms with E-state index in [9.17, 15) is 13.2 Å². The Morgan fingerprint density at radius 2 is 1.90 bits per heavy atom. The predicted molar refractivity (Wildman–Crippen MR) is 84.0 cm³/mol. The van der Waals surface area contributed by atoms with Gasteiger partial charge in [-0.05, 0) is 24.6 Å². The molecule has 0 bridgehead atoms. The third-order valence-electron chi connectivity index (χ3n) is 2.88. The first-order valence-electron chi connectivity index (χ1n) is 7.17. The standard InChI is InChI=1S/C15H23NO4S/c1-3-4-5-6-7-11-20-15(17)13-9-8-10-14(12-13)16-21(2,18)19/h8-10,12,16H,3-7,11H2,1-2H3. The van der Waals surface area contributed by atoms with E-state index in [4.69, 9.17) is 4.74 Å². The molecule has 0 saturated heterocycles. The molecule has 0 unspecified atom stereocenters. The Labute approximate surface area is 126 Å². The van der Waals surface area contributed by atoms with Crippen molar-refractivity contribution >= 4 is 21.7 Å². The van der Waals surface area contributed by atoms with E-state index >= 15 is 0 Å². The van der Waals surface area contributed by atoms with Crippen LogP contribution in [0, 0.1) is 0 Å². The zero-order valence-electron chi connectivity index (χ0n) is 12.6. The van der Waals surface area contributed by atoms with Gasteiger partial charge in [0.15, 0.2) is 0 Å². The third kappa shape index (κ3) is 7.70. The first-order chi connectivity index (χ1) is 9.92. The summed E-state index contributed by atoms with van der Waals surface area (Å²) in [6.07, 6.45) is 6.51. The summed E-state index contributed by atoms with van der Waals surface area (Å²) in [5.74, 6) is -0.428. The summed E-state index contributed by atoms with van der Waals surface area (Å²) in [5.41, 5.74) is 0.701. The van der Waals surface area contributed by atoms with Gasteiger partial charge in [0.2, 0.25) is 10.0 Å². The number of sulfonamides is 1. The van der Waals surface area contributed by atoms with Crippen LogP contribution in [0.1, 0.15) is 49.4 Å². The second kappa shape index (κ2) is 8.67. The molecule has 0 spiro atoms. The number of nitrogens with one attached hydrogen (secondary N) is 1. The molecule has 1 N–H and O–H groups in total. The fourth-order valence-corrected chi connectivity index (χ4v) is 2.43. The van der Waals surface area contributed by atoms with Crippen molar-refractivity contribution in [2.75, 3.05) is 17.6 Å². The lowest BCUT2D eigenvalue weighted by Crippen LogP contribution is -2.11. The Balaban J connectivity index is 2.45. The van der Waals surface area contributed by atoms with Crippen molar-refractivity contribution in [2.45, 2.75) is 39.0 Å². The fraction of sp³-hybridized carbons (Fsp3) is 0.533. The summed E-state index contributed by atoms with van der Waals surface area (Å²) >= 11 is 0. The molecule has 1 aromatic rings. The van der Waals surface area contributed by atoms with Gasteiger partial charge in [0.25, 0.3) is 0 Å². The van der Waals surface area contributed by atoms with Gasteiger partial charge >= 0.3 is 5.97 Å². The van der Waals surface area contributed by atoms with Crippen LogP contribution in [0.3, 0.4) is 0 Å². The van der Waals surface area contributed by atoms with Crippen LogP contribution in [-0.4, -0.2) is 27.2 Å². The largest absolute Gasteiger partial charge is 0.462 e. The maximum atomic E-state index is 11.9. The zero-order valence-corrected chi connectivity index (χ0v) is 13.4. The predicted octanol–water partition coefficient (Wildman–Crippen LogP) is 3.19.